The molecule has 166 valence electrons. The van der Waals surface area contributed by atoms with Crippen LogP contribution >= 0.6 is 0 Å². The van der Waals surface area contributed by atoms with Crippen LogP contribution in [0.5, 0.6) is 5.75 Å². The van der Waals surface area contributed by atoms with Crippen LogP contribution in [-0.2, 0) is 16.1 Å². The average molecular weight is 427 g/mol. The molecule has 31 heavy (non-hydrogen) atoms. The number of hydrogen-bond acceptors (Lipinski definition) is 3. The Labute approximate surface area is 183 Å². The minimum absolute atomic E-state index is 0.00192. The largest absolute Gasteiger partial charge is 0.484 e. The second-order valence-electron chi connectivity index (χ2n) is 8.24. The van der Waals surface area contributed by atoms with Crippen LogP contribution in [0.2, 0.25) is 0 Å². The molecule has 6 heteroatoms. The van der Waals surface area contributed by atoms with Gasteiger partial charge in [0, 0.05) is 18.2 Å². The topological polar surface area (TPSA) is 58.6 Å². The van der Waals surface area contributed by atoms with Crippen molar-refractivity contribution in [1.82, 2.24) is 10.2 Å². The first-order valence-corrected chi connectivity index (χ1v) is 11.0. The van der Waals surface area contributed by atoms with E-state index in [0.29, 0.717) is 11.3 Å². The van der Waals surface area contributed by atoms with Crippen LogP contribution in [0.15, 0.2) is 48.5 Å². The number of benzene rings is 2. The molecule has 1 atom stereocenters. The molecule has 2 aromatic carbocycles. The Morgan fingerprint density at radius 2 is 1.87 bits per heavy atom. The van der Waals surface area contributed by atoms with Crippen molar-refractivity contribution < 1.29 is 18.7 Å². The first kappa shape index (κ1) is 22.8. The third kappa shape index (κ3) is 6.54. The van der Waals surface area contributed by atoms with Gasteiger partial charge in [0.25, 0.3) is 5.91 Å². The van der Waals surface area contributed by atoms with Crippen LogP contribution in [0, 0.1) is 12.7 Å². The fraction of sp³-hybridized carbons (Fsp3) is 0.440. The number of nitrogens with zero attached hydrogens (tertiary/aromatic N) is 1. The number of rotatable bonds is 8. The minimum atomic E-state index is -0.741. The SMILES string of the molecule is Cc1cccc(OCC(=O)N(Cc2ccccc2F)C(C)C(=O)NC2CCCCC2)c1. The van der Waals surface area contributed by atoms with E-state index in [1.807, 2.05) is 25.1 Å². The summed E-state index contributed by atoms with van der Waals surface area (Å²) in [5.74, 6) is -0.401. The van der Waals surface area contributed by atoms with Crippen molar-refractivity contribution in [3.05, 3.63) is 65.5 Å². The van der Waals surface area contributed by atoms with Crippen molar-refractivity contribution in [3.63, 3.8) is 0 Å². The van der Waals surface area contributed by atoms with E-state index in [2.05, 4.69) is 5.32 Å². The van der Waals surface area contributed by atoms with E-state index in [0.717, 1.165) is 31.2 Å². The number of aryl methyl sites for hydroxylation is 1. The molecule has 0 radical (unpaired) electrons. The second kappa shape index (κ2) is 10.9. The first-order chi connectivity index (χ1) is 14.9. The van der Waals surface area contributed by atoms with E-state index in [1.165, 1.54) is 17.4 Å². The van der Waals surface area contributed by atoms with Gasteiger partial charge in [-0.2, -0.15) is 0 Å². The molecule has 0 heterocycles. The number of carbonyl (C=O) groups is 2. The summed E-state index contributed by atoms with van der Waals surface area (Å²) in [5.41, 5.74) is 1.39. The Balaban J connectivity index is 1.72. The van der Waals surface area contributed by atoms with Crippen LogP contribution < -0.4 is 10.1 Å². The van der Waals surface area contributed by atoms with Crippen molar-refractivity contribution in [3.8, 4) is 5.75 Å². The van der Waals surface area contributed by atoms with Gasteiger partial charge in [-0.05, 0) is 50.5 Å². The standard InChI is InChI=1S/C25H31FN2O3/c1-18-9-8-13-22(15-18)31-17-24(29)28(16-20-10-6-7-14-23(20)26)19(2)25(30)27-21-11-4-3-5-12-21/h6-10,13-15,19,21H,3-5,11-12,16-17H2,1-2H3,(H,27,30). The molecule has 1 saturated carbocycles. The van der Waals surface area contributed by atoms with E-state index >= 15 is 0 Å². The monoisotopic (exact) mass is 426 g/mol. The number of hydrogen-bond donors (Lipinski definition) is 1. The number of ether oxygens (including phenoxy) is 1. The van der Waals surface area contributed by atoms with Crippen molar-refractivity contribution in [2.24, 2.45) is 0 Å². The summed E-state index contributed by atoms with van der Waals surface area (Å²) in [4.78, 5) is 27.4. The fourth-order valence-electron chi connectivity index (χ4n) is 3.89. The van der Waals surface area contributed by atoms with Crippen molar-refractivity contribution in [2.75, 3.05) is 6.61 Å². The lowest BCUT2D eigenvalue weighted by Crippen LogP contribution is -2.51. The highest BCUT2D eigenvalue weighted by atomic mass is 19.1. The Bertz CT molecular complexity index is 896. The molecule has 5 nitrogen and oxygen atoms in total. The van der Waals surface area contributed by atoms with E-state index < -0.39 is 11.9 Å². The Hall–Kier alpha value is -2.89. The number of carbonyl (C=O) groups excluding carboxylic acids is 2. The second-order valence-corrected chi connectivity index (χ2v) is 8.24. The molecular weight excluding hydrogens is 395 g/mol. The summed E-state index contributed by atoms with van der Waals surface area (Å²) in [6.45, 7) is 3.40. The minimum Gasteiger partial charge on any atom is -0.484 e. The van der Waals surface area contributed by atoms with Crippen molar-refractivity contribution in [1.29, 1.82) is 0 Å². The zero-order valence-electron chi connectivity index (χ0n) is 18.3. The molecule has 3 rings (SSSR count). The van der Waals surface area contributed by atoms with E-state index in [-0.39, 0.29) is 31.0 Å². The molecular formula is C25H31FN2O3. The molecule has 0 bridgehead atoms. The Morgan fingerprint density at radius 3 is 2.58 bits per heavy atom. The third-order valence-corrected chi connectivity index (χ3v) is 5.77. The lowest BCUT2D eigenvalue weighted by Gasteiger charge is -2.31. The van der Waals surface area contributed by atoms with Gasteiger partial charge >= 0.3 is 0 Å². The predicted molar refractivity (Wildman–Crippen MR) is 118 cm³/mol. The number of halogens is 1. The van der Waals surface area contributed by atoms with Crippen LogP contribution in [0.25, 0.3) is 0 Å². The summed E-state index contributed by atoms with van der Waals surface area (Å²) >= 11 is 0. The van der Waals surface area contributed by atoms with Gasteiger partial charge in [-0.1, -0.05) is 49.6 Å². The highest BCUT2D eigenvalue weighted by Crippen LogP contribution is 2.19. The molecule has 0 aliphatic heterocycles. The maximum Gasteiger partial charge on any atom is 0.261 e. The highest BCUT2D eigenvalue weighted by Gasteiger charge is 2.29. The maximum atomic E-state index is 14.3. The maximum absolute atomic E-state index is 14.3. The average Bonchev–Trinajstić information content (AvgIpc) is 2.77. The summed E-state index contributed by atoms with van der Waals surface area (Å²) in [6.07, 6.45) is 5.30. The van der Waals surface area contributed by atoms with E-state index in [4.69, 9.17) is 4.74 Å². The van der Waals surface area contributed by atoms with E-state index in [9.17, 15) is 14.0 Å². The first-order valence-electron chi connectivity index (χ1n) is 11.0. The zero-order valence-corrected chi connectivity index (χ0v) is 18.3. The van der Waals surface area contributed by atoms with Crippen LogP contribution in [0.1, 0.15) is 50.2 Å². The predicted octanol–water partition coefficient (Wildman–Crippen LogP) is 4.38. The Morgan fingerprint density at radius 1 is 1.13 bits per heavy atom. The molecule has 0 spiro atoms. The van der Waals surface area contributed by atoms with Gasteiger partial charge in [-0.3, -0.25) is 9.59 Å². The van der Waals surface area contributed by atoms with Crippen LogP contribution in [-0.4, -0.2) is 35.4 Å². The molecule has 1 aliphatic carbocycles. The molecule has 0 aromatic heterocycles. The van der Waals surface area contributed by atoms with Gasteiger partial charge in [0.2, 0.25) is 5.91 Å². The molecule has 2 amide bonds. The molecule has 2 aromatic rings. The smallest absolute Gasteiger partial charge is 0.261 e. The number of nitrogens with one attached hydrogen (secondary N) is 1. The van der Waals surface area contributed by atoms with Crippen LogP contribution in [0.3, 0.4) is 0 Å². The van der Waals surface area contributed by atoms with Gasteiger partial charge in [0.1, 0.15) is 17.6 Å². The lowest BCUT2D eigenvalue weighted by atomic mass is 9.95. The number of amides is 2. The molecule has 1 aliphatic rings. The van der Waals surface area contributed by atoms with Crippen molar-refractivity contribution >= 4 is 11.8 Å². The third-order valence-electron chi connectivity index (χ3n) is 5.77. The quantitative estimate of drug-likeness (QED) is 0.682. The van der Waals surface area contributed by atoms with Gasteiger partial charge in [0.05, 0.1) is 0 Å². The fourth-order valence-corrected chi connectivity index (χ4v) is 3.89. The molecule has 1 unspecified atom stereocenters. The Kier molecular flexibility index (Phi) is 8.04. The lowest BCUT2D eigenvalue weighted by molar-refractivity contribution is -0.142. The van der Waals surface area contributed by atoms with Gasteiger partial charge in [0.15, 0.2) is 6.61 Å². The summed E-state index contributed by atoms with van der Waals surface area (Å²) < 4.78 is 19.9. The van der Waals surface area contributed by atoms with Gasteiger partial charge in [-0.15, -0.1) is 0 Å². The van der Waals surface area contributed by atoms with Gasteiger partial charge in [-0.25, -0.2) is 4.39 Å². The van der Waals surface area contributed by atoms with Gasteiger partial charge < -0.3 is 15.0 Å². The molecule has 0 saturated heterocycles. The normalized spacial score (nSPS) is 15.2. The van der Waals surface area contributed by atoms with Crippen molar-refractivity contribution in [2.45, 2.75) is 64.6 Å². The highest BCUT2D eigenvalue weighted by molar-refractivity contribution is 5.88. The molecule has 1 N–H and O–H groups in total. The van der Waals surface area contributed by atoms with Crippen LogP contribution in [0.4, 0.5) is 4.39 Å². The molecule has 1 fully saturated rings. The summed E-state index contributed by atoms with van der Waals surface area (Å²) in [7, 11) is 0. The summed E-state index contributed by atoms with van der Waals surface area (Å²) in [5, 5.41) is 3.07. The zero-order chi connectivity index (χ0) is 22.2. The summed E-state index contributed by atoms with van der Waals surface area (Å²) in [6, 6.07) is 13.1. The van der Waals surface area contributed by atoms with E-state index in [1.54, 1.807) is 31.2 Å².